The van der Waals surface area contributed by atoms with Gasteiger partial charge in [-0.15, -0.1) is 30.5 Å². The van der Waals surface area contributed by atoms with E-state index >= 15 is 0 Å². The second kappa shape index (κ2) is 2.40. The van der Waals surface area contributed by atoms with Crippen LogP contribution in [0.3, 0.4) is 0 Å². The number of terminal acetylenes is 2. The van der Waals surface area contributed by atoms with E-state index in [1.807, 2.05) is 6.55 Å². The third kappa shape index (κ3) is 1.29. The van der Waals surface area contributed by atoms with Crippen LogP contribution >= 0.6 is 0 Å². The molecule has 0 aromatic carbocycles. The van der Waals surface area contributed by atoms with Gasteiger partial charge in [0.2, 0.25) is 8.07 Å². The smallest absolute Gasteiger partial charge is 0.126 e. The molecule has 0 aromatic rings. The van der Waals surface area contributed by atoms with Crippen LogP contribution in [0.1, 0.15) is 0 Å². The van der Waals surface area contributed by atoms with Crippen molar-refractivity contribution in [3.05, 3.63) is 12.3 Å². The van der Waals surface area contributed by atoms with Crippen LogP contribution in [0.4, 0.5) is 0 Å². The molecule has 0 radical (unpaired) electrons. The Labute approximate surface area is 51.6 Å². The Morgan fingerprint density at radius 3 is 1.88 bits per heavy atom. The van der Waals surface area contributed by atoms with Crippen LogP contribution in [-0.2, 0) is 0 Å². The maximum atomic E-state index is 5.13. The van der Waals surface area contributed by atoms with Crippen molar-refractivity contribution < 1.29 is 0 Å². The highest BCUT2D eigenvalue weighted by atomic mass is 28.3. The molecule has 40 valence electrons. The fourth-order valence-electron chi connectivity index (χ4n) is 0.160. The first-order valence-electron chi connectivity index (χ1n) is 2.27. The quantitative estimate of drug-likeness (QED) is 0.359. The van der Waals surface area contributed by atoms with Crippen LogP contribution in [0.15, 0.2) is 12.3 Å². The predicted octanol–water partition coefficient (Wildman–Crippen LogP) is 1.14. The third-order valence-corrected chi connectivity index (χ3v) is 3.02. The molecule has 0 spiro atoms. The van der Waals surface area contributed by atoms with E-state index in [-0.39, 0.29) is 0 Å². The van der Waals surface area contributed by atoms with Gasteiger partial charge in [0.1, 0.15) is 0 Å². The van der Waals surface area contributed by atoms with Crippen molar-refractivity contribution in [2.45, 2.75) is 6.55 Å². The molecule has 0 amide bonds. The van der Waals surface area contributed by atoms with Crippen molar-refractivity contribution in [2.75, 3.05) is 0 Å². The fourth-order valence-corrected chi connectivity index (χ4v) is 0.479. The first kappa shape index (κ1) is 7.08. The minimum Gasteiger partial charge on any atom is -0.126 e. The Bertz CT molecular complexity index is 152. The summed E-state index contributed by atoms with van der Waals surface area (Å²) in [7, 11) is -1.85. The van der Waals surface area contributed by atoms with E-state index in [1.165, 1.54) is 0 Å². The molecule has 0 nitrogen and oxygen atoms in total. The molecule has 0 saturated carbocycles. The van der Waals surface area contributed by atoms with Crippen molar-refractivity contribution in [2.24, 2.45) is 0 Å². The van der Waals surface area contributed by atoms with E-state index in [0.717, 1.165) is 0 Å². The molecule has 0 heterocycles. The molecule has 1 heteroatoms. The van der Waals surface area contributed by atoms with Crippen molar-refractivity contribution in [1.29, 1.82) is 0 Å². The molecule has 0 N–H and O–H groups in total. The standard InChI is InChI=1S/C7H8Si/c1-5-8(4,6-2)7-3/h1-2,7H,3H2,4H3. The van der Waals surface area contributed by atoms with Crippen LogP contribution < -0.4 is 0 Å². The van der Waals surface area contributed by atoms with Gasteiger partial charge >= 0.3 is 0 Å². The summed E-state index contributed by atoms with van der Waals surface area (Å²) in [6, 6.07) is 0. The maximum absolute atomic E-state index is 5.13. The molecule has 0 aliphatic carbocycles. The van der Waals surface area contributed by atoms with Crippen LogP contribution in [0.2, 0.25) is 6.55 Å². The highest BCUT2D eigenvalue weighted by Gasteiger charge is 2.14. The summed E-state index contributed by atoms with van der Waals surface area (Å²) >= 11 is 0. The molecular weight excluding hydrogens is 112 g/mol. The Hall–Kier alpha value is -0.923. The summed E-state index contributed by atoms with van der Waals surface area (Å²) in [4.78, 5) is 0. The van der Waals surface area contributed by atoms with Gasteiger partial charge in [-0.25, -0.2) is 0 Å². The summed E-state index contributed by atoms with van der Waals surface area (Å²) in [6.07, 6.45) is 10.3. The first-order valence-corrected chi connectivity index (χ1v) is 4.85. The van der Waals surface area contributed by atoms with Gasteiger partial charge in [-0.1, -0.05) is 5.70 Å². The number of hydrogen-bond acceptors (Lipinski definition) is 0. The molecule has 8 heavy (non-hydrogen) atoms. The molecule has 0 aliphatic heterocycles. The van der Waals surface area contributed by atoms with E-state index in [4.69, 9.17) is 12.8 Å². The third-order valence-electron chi connectivity index (χ3n) is 1.01. The zero-order chi connectivity index (χ0) is 6.62. The Kier molecular flexibility index (Phi) is 2.12. The summed E-state index contributed by atoms with van der Waals surface area (Å²) in [5.74, 6) is 0. The lowest BCUT2D eigenvalue weighted by molar-refractivity contribution is 2.06. The average molecular weight is 120 g/mol. The van der Waals surface area contributed by atoms with Gasteiger partial charge in [0, 0.05) is 0 Å². The zero-order valence-corrected chi connectivity index (χ0v) is 5.94. The van der Waals surface area contributed by atoms with Gasteiger partial charge in [0.05, 0.1) is 0 Å². The monoisotopic (exact) mass is 120 g/mol. The molecule has 0 aromatic heterocycles. The topological polar surface area (TPSA) is 0 Å². The maximum Gasteiger partial charge on any atom is 0.234 e. The van der Waals surface area contributed by atoms with E-state index in [0.29, 0.717) is 0 Å². The lowest BCUT2D eigenvalue weighted by Crippen LogP contribution is -2.22. The van der Waals surface area contributed by atoms with E-state index in [1.54, 1.807) is 5.70 Å². The van der Waals surface area contributed by atoms with E-state index in [9.17, 15) is 0 Å². The van der Waals surface area contributed by atoms with Crippen LogP contribution in [0.5, 0.6) is 0 Å². The minimum atomic E-state index is -1.85. The van der Waals surface area contributed by atoms with Gasteiger partial charge in [-0.05, 0) is 6.55 Å². The van der Waals surface area contributed by atoms with Gasteiger partial charge < -0.3 is 0 Å². The largest absolute Gasteiger partial charge is 0.234 e. The normalized spacial score (nSPS) is 8.88. The van der Waals surface area contributed by atoms with E-state index < -0.39 is 8.07 Å². The fraction of sp³-hybridized carbons (Fsp3) is 0.143. The van der Waals surface area contributed by atoms with Gasteiger partial charge in [0.25, 0.3) is 0 Å². The molecule has 0 aliphatic rings. The average Bonchev–Trinajstić information content (AvgIpc) is 1.87. The zero-order valence-electron chi connectivity index (χ0n) is 4.94. The second-order valence-electron chi connectivity index (χ2n) is 1.70. The van der Waals surface area contributed by atoms with Crippen LogP contribution in [-0.4, -0.2) is 8.07 Å². The SMILES string of the molecule is C#C[Si](C)(C#C)C=C. The lowest BCUT2D eigenvalue weighted by Gasteiger charge is -2.02. The van der Waals surface area contributed by atoms with Gasteiger partial charge in [-0.2, -0.15) is 0 Å². The Balaban J connectivity index is 4.34. The number of rotatable bonds is 1. The predicted molar refractivity (Wildman–Crippen MR) is 39.5 cm³/mol. The molecule has 0 fully saturated rings. The van der Waals surface area contributed by atoms with Crippen LogP contribution in [0, 0.1) is 23.9 Å². The molecule has 0 saturated heterocycles. The summed E-state index contributed by atoms with van der Waals surface area (Å²) < 4.78 is 0. The van der Waals surface area contributed by atoms with Gasteiger partial charge in [0.15, 0.2) is 0 Å². The minimum absolute atomic E-state index is 1.72. The second-order valence-corrected chi connectivity index (χ2v) is 5.09. The highest BCUT2D eigenvalue weighted by molar-refractivity contribution is 6.97. The van der Waals surface area contributed by atoms with E-state index in [2.05, 4.69) is 17.7 Å². The molecule has 0 rings (SSSR count). The van der Waals surface area contributed by atoms with Crippen molar-refractivity contribution in [3.8, 4) is 23.9 Å². The molecule has 0 bridgehead atoms. The van der Waals surface area contributed by atoms with Gasteiger partial charge in [-0.3, -0.25) is 0 Å². The summed E-state index contributed by atoms with van der Waals surface area (Å²) in [5, 5.41) is 0. The van der Waals surface area contributed by atoms with Crippen molar-refractivity contribution in [1.82, 2.24) is 0 Å². The molecular formula is C7H8Si. The molecule has 0 atom stereocenters. The lowest BCUT2D eigenvalue weighted by atomic mass is 11.2. The van der Waals surface area contributed by atoms with Crippen molar-refractivity contribution in [3.63, 3.8) is 0 Å². The number of hydrogen-bond donors (Lipinski definition) is 0. The Morgan fingerprint density at radius 1 is 1.50 bits per heavy atom. The highest BCUT2D eigenvalue weighted by Crippen LogP contribution is 1.97. The van der Waals surface area contributed by atoms with Crippen molar-refractivity contribution >= 4 is 8.07 Å². The molecule has 0 unspecified atom stereocenters. The first-order chi connectivity index (χ1) is 3.68. The van der Waals surface area contributed by atoms with Crippen LogP contribution in [0.25, 0.3) is 0 Å². The summed E-state index contributed by atoms with van der Waals surface area (Å²) in [6.45, 7) is 5.45. The summed E-state index contributed by atoms with van der Waals surface area (Å²) in [5.41, 5.74) is 6.84. The Morgan fingerprint density at radius 2 is 1.88 bits per heavy atom.